The number of amides is 1. The van der Waals surface area contributed by atoms with Gasteiger partial charge in [-0.2, -0.15) is 9.61 Å². The molecule has 0 radical (unpaired) electrons. The molecule has 1 aliphatic heterocycles. The number of nitrogens with zero attached hydrogens (tertiary/aromatic N) is 5. The van der Waals surface area contributed by atoms with Crippen LogP contribution in [0.3, 0.4) is 0 Å². The van der Waals surface area contributed by atoms with Crippen LogP contribution in [-0.2, 0) is 11.3 Å². The van der Waals surface area contributed by atoms with Crippen LogP contribution in [0.5, 0.6) is 0 Å². The van der Waals surface area contributed by atoms with Gasteiger partial charge in [0.05, 0.1) is 28.5 Å². The zero-order valence-electron chi connectivity index (χ0n) is 19.2. The number of carbonyl (C=O) groups is 1. The van der Waals surface area contributed by atoms with E-state index in [1.54, 1.807) is 27.9 Å². The third-order valence-corrected chi connectivity index (χ3v) is 7.09. The minimum absolute atomic E-state index is 0.246. The summed E-state index contributed by atoms with van der Waals surface area (Å²) in [6, 6.07) is 6.62. The van der Waals surface area contributed by atoms with Crippen molar-refractivity contribution in [2.24, 2.45) is 0 Å². The number of nitrogens with one attached hydrogen (secondary N) is 1. The second kappa shape index (κ2) is 9.74. The SMILES string of the molecule is CCOC(=O)N1CCC(NCc2nc3c(-c4cnc5ccc(F)cc5c4)cnn3c(N)c2Br)CC1. The molecule has 0 bridgehead atoms. The second-order valence-electron chi connectivity index (χ2n) is 8.45. The summed E-state index contributed by atoms with van der Waals surface area (Å²) in [6.45, 7) is 3.98. The van der Waals surface area contributed by atoms with Gasteiger partial charge >= 0.3 is 6.09 Å². The Morgan fingerprint density at radius 3 is 2.86 bits per heavy atom. The standard InChI is InChI=1S/C24H25BrFN7O2/c1-2-35-24(34)32-7-5-17(6-8-32)28-13-20-21(25)22(27)33-23(31-20)18(12-30-33)15-9-14-10-16(26)3-4-19(14)29-11-15/h3-4,9-12,17,28H,2,5-8,13,27H2,1H3. The molecule has 5 rings (SSSR count). The third kappa shape index (κ3) is 4.65. The van der Waals surface area contributed by atoms with E-state index in [4.69, 9.17) is 15.5 Å². The molecule has 9 nitrogen and oxygen atoms in total. The van der Waals surface area contributed by atoms with Crippen LogP contribution in [0.2, 0.25) is 0 Å². The fourth-order valence-corrected chi connectivity index (χ4v) is 4.73. The first kappa shape index (κ1) is 23.4. The van der Waals surface area contributed by atoms with Crippen LogP contribution < -0.4 is 11.1 Å². The number of nitrogen functional groups attached to an aromatic ring is 1. The molecule has 3 aromatic heterocycles. The largest absolute Gasteiger partial charge is 0.450 e. The highest BCUT2D eigenvalue weighted by Crippen LogP contribution is 2.31. The number of hydrogen-bond donors (Lipinski definition) is 2. The lowest BCUT2D eigenvalue weighted by Crippen LogP contribution is -2.45. The number of carbonyl (C=O) groups excluding carboxylic acids is 1. The Morgan fingerprint density at radius 2 is 2.09 bits per heavy atom. The van der Waals surface area contributed by atoms with Gasteiger partial charge in [0, 0.05) is 48.4 Å². The monoisotopic (exact) mass is 541 g/mol. The third-order valence-electron chi connectivity index (χ3n) is 6.22. The molecule has 1 saturated heterocycles. The Bertz CT molecular complexity index is 1400. The Morgan fingerprint density at radius 1 is 1.29 bits per heavy atom. The van der Waals surface area contributed by atoms with E-state index >= 15 is 0 Å². The molecule has 1 fully saturated rings. The van der Waals surface area contributed by atoms with Gasteiger partial charge in [-0.05, 0) is 60.0 Å². The number of nitrogens with two attached hydrogens (primary N) is 1. The summed E-state index contributed by atoms with van der Waals surface area (Å²) in [7, 11) is 0. The summed E-state index contributed by atoms with van der Waals surface area (Å²) < 4.78 is 21.1. The number of pyridine rings is 1. The molecule has 0 spiro atoms. The number of hydrogen-bond acceptors (Lipinski definition) is 7. The maximum absolute atomic E-state index is 13.7. The van der Waals surface area contributed by atoms with Crippen LogP contribution in [0.1, 0.15) is 25.5 Å². The number of aromatic nitrogens is 4. The first-order chi connectivity index (χ1) is 16.9. The average Bonchev–Trinajstić information content (AvgIpc) is 3.29. The Kier molecular flexibility index (Phi) is 6.52. The van der Waals surface area contributed by atoms with Crippen LogP contribution in [0.15, 0.2) is 41.1 Å². The van der Waals surface area contributed by atoms with Gasteiger partial charge in [-0.3, -0.25) is 4.98 Å². The lowest BCUT2D eigenvalue weighted by atomic mass is 10.1. The molecule has 0 aliphatic carbocycles. The van der Waals surface area contributed by atoms with Gasteiger partial charge in [0.2, 0.25) is 0 Å². The van der Waals surface area contributed by atoms with Gasteiger partial charge < -0.3 is 20.7 Å². The topological polar surface area (TPSA) is 111 Å². The lowest BCUT2D eigenvalue weighted by molar-refractivity contribution is 0.0949. The summed E-state index contributed by atoms with van der Waals surface area (Å²) in [5, 5.41) is 8.64. The maximum Gasteiger partial charge on any atom is 0.409 e. The highest BCUT2D eigenvalue weighted by molar-refractivity contribution is 9.10. The molecule has 11 heteroatoms. The lowest BCUT2D eigenvalue weighted by Gasteiger charge is -2.31. The number of benzene rings is 1. The fourth-order valence-electron chi connectivity index (χ4n) is 4.34. The molecule has 0 atom stereocenters. The molecule has 3 N–H and O–H groups in total. The number of ether oxygens (including phenoxy) is 1. The molecule has 1 aliphatic rings. The van der Waals surface area contributed by atoms with Crippen molar-refractivity contribution in [3.8, 4) is 11.1 Å². The van der Waals surface area contributed by atoms with Gasteiger partial charge in [-0.1, -0.05) is 0 Å². The predicted octanol–water partition coefficient (Wildman–Crippen LogP) is 4.14. The molecular formula is C24H25BrFN7O2. The van der Waals surface area contributed by atoms with Crippen LogP contribution in [-0.4, -0.2) is 56.3 Å². The van der Waals surface area contributed by atoms with Gasteiger partial charge in [-0.15, -0.1) is 0 Å². The number of anilines is 1. The smallest absolute Gasteiger partial charge is 0.409 e. The van der Waals surface area contributed by atoms with E-state index in [9.17, 15) is 9.18 Å². The van der Waals surface area contributed by atoms with E-state index in [0.29, 0.717) is 53.1 Å². The summed E-state index contributed by atoms with van der Waals surface area (Å²) >= 11 is 3.57. The van der Waals surface area contributed by atoms with Crippen LogP contribution in [0, 0.1) is 5.82 Å². The van der Waals surface area contributed by atoms with Crippen LogP contribution >= 0.6 is 15.9 Å². The van der Waals surface area contributed by atoms with E-state index in [0.717, 1.165) is 29.7 Å². The molecule has 182 valence electrons. The molecular weight excluding hydrogens is 517 g/mol. The highest BCUT2D eigenvalue weighted by Gasteiger charge is 2.24. The van der Waals surface area contributed by atoms with Crippen LogP contribution in [0.4, 0.5) is 15.0 Å². The fraction of sp³-hybridized carbons (Fsp3) is 0.333. The Labute approximate surface area is 209 Å². The molecule has 0 saturated carbocycles. The molecule has 4 heterocycles. The highest BCUT2D eigenvalue weighted by atomic mass is 79.9. The number of halogens is 2. The van der Waals surface area contributed by atoms with Crippen molar-refractivity contribution in [1.82, 2.24) is 29.8 Å². The molecule has 0 unspecified atom stereocenters. The van der Waals surface area contributed by atoms with Crippen LogP contribution in [0.25, 0.3) is 27.7 Å². The summed E-state index contributed by atoms with van der Waals surface area (Å²) in [5.74, 6) is 0.124. The van der Waals surface area contributed by atoms with Gasteiger partial charge in [0.25, 0.3) is 0 Å². The minimum atomic E-state index is -0.316. The van der Waals surface area contributed by atoms with E-state index in [2.05, 4.69) is 31.3 Å². The maximum atomic E-state index is 13.7. The molecule has 4 aromatic rings. The molecule has 35 heavy (non-hydrogen) atoms. The van der Waals surface area contributed by atoms with Gasteiger partial charge in [0.15, 0.2) is 5.65 Å². The van der Waals surface area contributed by atoms with Crippen molar-refractivity contribution >= 4 is 44.4 Å². The predicted molar refractivity (Wildman–Crippen MR) is 134 cm³/mol. The van der Waals surface area contributed by atoms with Crippen molar-refractivity contribution in [2.45, 2.75) is 32.4 Å². The quantitative estimate of drug-likeness (QED) is 0.390. The first-order valence-electron chi connectivity index (χ1n) is 11.5. The summed E-state index contributed by atoms with van der Waals surface area (Å²) in [5.41, 5.74) is 9.96. The average molecular weight is 542 g/mol. The minimum Gasteiger partial charge on any atom is -0.450 e. The number of rotatable bonds is 5. The number of piperidine rings is 1. The molecule has 1 amide bonds. The van der Waals surface area contributed by atoms with Gasteiger partial charge in [-0.25, -0.2) is 14.2 Å². The van der Waals surface area contributed by atoms with E-state index in [1.165, 1.54) is 12.1 Å². The normalized spacial score (nSPS) is 14.7. The zero-order chi connectivity index (χ0) is 24.5. The zero-order valence-corrected chi connectivity index (χ0v) is 20.8. The van der Waals surface area contributed by atoms with Crippen molar-refractivity contribution in [2.75, 3.05) is 25.4 Å². The van der Waals surface area contributed by atoms with E-state index < -0.39 is 0 Å². The first-order valence-corrected chi connectivity index (χ1v) is 12.3. The summed E-state index contributed by atoms with van der Waals surface area (Å²) in [6.07, 6.45) is 4.81. The van der Waals surface area contributed by atoms with E-state index in [1.807, 2.05) is 13.0 Å². The van der Waals surface area contributed by atoms with Crippen molar-refractivity contribution in [1.29, 1.82) is 0 Å². The molecule has 1 aromatic carbocycles. The van der Waals surface area contributed by atoms with E-state index in [-0.39, 0.29) is 18.0 Å². The Balaban J connectivity index is 1.37. The Hall–Kier alpha value is -3.31. The summed E-state index contributed by atoms with van der Waals surface area (Å²) in [4.78, 5) is 23.0. The van der Waals surface area contributed by atoms with Crippen molar-refractivity contribution in [3.63, 3.8) is 0 Å². The van der Waals surface area contributed by atoms with Crippen molar-refractivity contribution < 1.29 is 13.9 Å². The number of likely N-dealkylation sites (tertiary alicyclic amines) is 1. The second-order valence-corrected chi connectivity index (χ2v) is 9.25. The van der Waals surface area contributed by atoms with Gasteiger partial charge in [0.1, 0.15) is 11.6 Å². The van der Waals surface area contributed by atoms with Crippen molar-refractivity contribution in [3.05, 3.63) is 52.6 Å². The number of fused-ring (bicyclic) bond motifs is 2.